The average molecular weight is 548 g/mol. The molecule has 3 aromatic rings. The Balaban J connectivity index is 1.56. The molecule has 1 unspecified atom stereocenters. The molecule has 1 atom stereocenters. The van der Waals surface area contributed by atoms with E-state index in [1.165, 1.54) is 10.8 Å². The van der Waals surface area contributed by atoms with Crippen molar-refractivity contribution in [3.05, 3.63) is 96.6 Å². The SMILES string of the molecule is O=C(NCc1c(F)cc(F)cc1F)c1cn2c(c(O)c1=O)C(=O)N1CCc3ccc(Br)cc3C2C1. The molecular formula is C24H17BrF3N3O4. The summed E-state index contributed by atoms with van der Waals surface area (Å²) in [6.45, 7) is 0.00391. The Morgan fingerprint density at radius 2 is 1.86 bits per heavy atom. The van der Waals surface area contributed by atoms with Crippen LogP contribution in [-0.4, -0.2) is 39.5 Å². The summed E-state index contributed by atoms with van der Waals surface area (Å²) in [4.78, 5) is 40.3. The number of rotatable bonds is 3. The zero-order valence-electron chi connectivity index (χ0n) is 17.9. The lowest BCUT2D eigenvalue weighted by atomic mass is 9.97. The van der Waals surface area contributed by atoms with Crippen LogP contribution in [0.4, 0.5) is 13.2 Å². The number of halogens is 4. The van der Waals surface area contributed by atoms with Gasteiger partial charge in [-0.2, -0.15) is 0 Å². The maximum Gasteiger partial charge on any atom is 0.274 e. The first-order valence-corrected chi connectivity index (χ1v) is 11.4. The molecule has 0 radical (unpaired) electrons. The van der Waals surface area contributed by atoms with Crippen molar-refractivity contribution >= 4 is 27.7 Å². The Hall–Kier alpha value is -3.60. The Morgan fingerprint density at radius 1 is 1.14 bits per heavy atom. The molecule has 11 heteroatoms. The third-order valence-corrected chi connectivity index (χ3v) is 6.82. The Morgan fingerprint density at radius 3 is 2.57 bits per heavy atom. The number of aromatic nitrogens is 1. The summed E-state index contributed by atoms with van der Waals surface area (Å²) in [7, 11) is 0. The van der Waals surface area contributed by atoms with Gasteiger partial charge >= 0.3 is 0 Å². The van der Waals surface area contributed by atoms with Gasteiger partial charge in [-0.05, 0) is 29.7 Å². The molecule has 2 aliphatic heterocycles. The smallest absolute Gasteiger partial charge is 0.274 e. The Labute approximate surface area is 204 Å². The fourth-order valence-corrected chi connectivity index (χ4v) is 4.95. The Bertz CT molecular complexity index is 1450. The van der Waals surface area contributed by atoms with E-state index in [0.717, 1.165) is 15.6 Å². The number of carbonyl (C=O) groups excluding carboxylic acids is 2. The van der Waals surface area contributed by atoms with Gasteiger partial charge in [0.1, 0.15) is 23.0 Å². The van der Waals surface area contributed by atoms with Gasteiger partial charge in [-0.25, -0.2) is 13.2 Å². The average Bonchev–Trinajstić information content (AvgIpc) is 2.96. The summed E-state index contributed by atoms with van der Waals surface area (Å²) in [5.41, 5.74) is -0.567. The van der Waals surface area contributed by atoms with Crippen molar-refractivity contribution in [1.82, 2.24) is 14.8 Å². The van der Waals surface area contributed by atoms with Gasteiger partial charge in [-0.15, -0.1) is 0 Å². The molecule has 2 amide bonds. The number of hydrogen-bond acceptors (Lipinski definition) is 4. The molecule has 0 aliphatic carbocycles. The first-order chi connectivity index (χ1) is 16.7. The van der Waals surface area contributed by atoms with Crippen LogP contribution in [0.5, 0.6) is 5.75 Å². The van der Waals surface area contributed by atoms with Crippen LogP contribution in [0.1, 0.15) is 43.6 Å². The van der Waals surface area contributed by atoms with Gasteiger partial charge in [0.2, 0.25) is 5.43 Å². The molecule has 0 spiro atoms. The number of benzene rings is 2. The van der Waals surface area contributed by atoms with E-state index in [4.69, 9.17) is 0 Å². The number of nitrogens with zero attached hydrogens (tertiary/aromatic N) is 2. The summed E-state index contributed by atoms with van der Waals surface area (Å²) in [6, 6.07) is 6.15. The van der Waals surface area contributed by atoms with Crippen molar-refractivity contribution in [2.45, 2.75) is 19.0 Å². The highest BCUT2D eigenvalue weighted by atomic mass is 79.9. The molecule has 180 valence electrons. The Kier molecular flexibility index (Phi) is 5.66. The molecule has 1 aromatic heterocycles. The number of aromatic hydroxyl groups is 1. The fraction of sp³-hybridized carbons (Fsp3) is 0.208. The van der Waals surface area contributed by atoms with E-state index >= 15 is 0 Å². The molecule has 7 nitrogen and oxygen atoms in total. The molecule has 2 aliphatic rings. The van der Waals surface area contributed by atoms with Crippen molar-refractivity contribution in [2.75, 3.05) is 13.1 Å². The second-order valence-corrected chi connectivity index (χ2v) is 9.28. The summed E-state index contributed by atoms with van der Waals surface area (Å²) in [5.74, 6) is -5.93. The molecule has 2 bridgehead atoms. The van der Waals surface area contributed by atoms with Crippen molar-refractivity contribution in [2.24, 2.45) is 0 Å². The predicted molar refractivity (Wildman–Crippen MR) is 122 cm³/mol. The second kappa shape index (κ2) is 8.56. The molecule has 0 saturated carbocycles. The number of fused-ring (bicyclic) bond motifs is 6. The van der Waals surface area contributed by atoms with Gasteiger partial charge in [0.25, 0.3) is 11.8 Å². The molecule has 0 saturated heterocycles. The van der Waals surface area contributed by atoms with E-state index in [9.17, 15) is 32.7 Å². The topological polar surface area (TPSA) is 91.6 Å². The number of nitrogens with one attached hydrogen (secondary N) is 1. The highest BCUT2D eigenvalue weighted by molar-refractivity contribution is 9.10. The van der Waals surface area contributed by atoms with Gasteiger partial charge in [0.05, 0.1) is 6.04 Å². The second-order valence-electron chi connectivity index (χ2n) is 8.37. The van der Waals surface area contributed by atoms with Crippen molar-refractivity contribution in [3.63, 3.8) is 0 Å². The normalized spacial score (nSPS) is 16.4. The first kappa shape index (κ1) is 23.2. The van der Waals surface area contributed by atoms with Crippen LogP contribution in [0.15, 0.2) is 45.8 Å². The lowest BCUT2D eigenvalue weighted by Crippen LogP contribution is -2.45. The van der Waals surface area contributed by atoms with Crippen LogP contribution in [0.3, 0.4) is 0 Å². The van der Waals surface area contributed by atoms with Crippen molar-refractivity contribution < 1.29 is 27.9 Å². The molecule has 0 fully saturated rings. The van der Waals surface area contributed by atoms with E-state index < -0.39 is 64.2 Å². The van der Waals surface area contributed by atoms with Gasteiger partial charge in [-0.1, -0.05) is 22.0 Å². The quantitative estimate of drug-likeness (QED) is 0.526. The molecule has 5 rings (SSSR count). The third kappa shape index (κ3) is 3.89. The molecular weight excluding hydrogens is 531 g/mol. The standard InChI is InChI=1S/C24H17BrF3N3O4/c25-12-2-1-11-3-4-30-10-19(14(11)5-12)31-9-16(21(32)22(33)20(31)24(30)35)23(34)29-8-15-17(27)6-13(26)7-18(15)28/h1-2,5-7,9,19,33H,3-4,8,10H2,(H,29,34). The van der Waals surface area contributed by atoms with Crippen LogP contribution in [-0.2, 0) is 13.0 Å². The van der Waals surface area contributed by atoms with Crippen LogP contribution in [0.25, 0.3) is 0 Å². The minimum Gasteiger partial charge on any atom is -0.503 e. The monoisotopic (exact) mass is 547 g/mol. The van der Waals surface area contributed by atoms with E-state index in [1.807, 2.05) is 18.2 Å². The van der Waals surface area contributed by atoms with Gasteiger partial charge < -0.3 is 19.9 Å². The number of hydrogen-bond donors (Lipinski definition) is 2. The van der Waals surface area contributed by atoms with Gasteiger partial charge in [-0.3, -0.25) is 14.4 Å². The highest BCUT2D eigenvalue weighted by Gasteiger charge is 2.38. The van der Waals surface area contributed by atoms with Gasteiger partial charge in [0, 0.05) is 48.0 Å². The van der Waals surface area contributed by atoms with E-state index in [-0.39, 0.29) is 12.2 Å². The zero-order valence-corrected chi connectivity index (χ0v) is 19.5. The molecule has 2 aromatic carbocycles. The molecule has 2 N–H and O–H groups in total. The van der Waals surface area contributed by atoms with Crippen LogP contribution in [0, 0.1) is 17.5 Å². The van der Waals surface area contributed by atoms with E-state index in [0.29, 0.717) is 25.1 Å². The number of amides is 2. The fourth-order valence-electron chi connectivity index (χ4n) is 4.57. The highest BCUT2D eigenvalue weighted by Crippen LogP contribution is 2.36. The number of pyridine rings is 1. The lowest BCUT2D eigenvalue weighted by molar-refractivity contribution is 0.0686. The maximum atomic E-state index is 13.9. The minimum absolute atomic E-state index is 0.230. The van der Waals surface area contributed by atoms with Crippen LogP contribution in [0.2, 0.25) is 0 Å². The van der Waals surface area contributed by atoms with E-state index in [1.54, 1.807) is 4.90 Å². The molecule has 3 heterocycles. The van der Waals surface area contributed by atoms with Crippen molar-refractivity contribution in [1.29, 1.82) is 0 Å². The van der Waals surface area contributed by atoms with E-state index in [2.05, 4.69) is 21.2 Å². The zero-order chi connectivity index (χ0) is 25.0. The summed E-state index contributed by atoms with van der Waals surface area (Å²) in [5, 5.41) is 12.9. The largest absolute Gasteiger partial charge is 0.503 e. The van der Waals surface area contributed by atoms with Gasteiger partial charge in [0.15, 0.2) is 11.4 Å². The summed E-state index contributed by atoms with van der Waals surface area (Å²) < 4.78 is 43.2. The minimum atomic E-state index is -1.20. The summed E-state index contributed by atoms with van der Waals surface area (Å²) >= 11 is 3.44. The maximum absolute atomic E-state index is 13.9. The van der Waals surface area contributed by atoms with Crippen LogP contribution >= 0.6 is 15.9 Å². The van der Waals surface area contributed by atoms with Crippen LogP contribution < -0.4 is 10.7 Å². The summed E-state index contributed by atoms with van der Waals surface area (Å²) in [6.07, 6.45) is 1.76. The lowest BCUT2D eigenvalue weighted by Gasteiger charge is -2.35. The predicted octanol–water partition coefficient (Wildman–Crippen LogP) is 3.27. The number of carbonyl (C=O) groups is 2. The first-order valence-electron chi connectivity index (χ1n) is 10.6. The third-order valence-electron chi connectivity index (χ3n) is 6.32. The molecule has 35 heavy (non-hydrogen) atoms. The van der Waals surface area contributed by atoms with Crippen molar-refractivity contribution in [3.8, 4) is 5.75 Å².